The van der Waals surface area contributed by atoms with Gasteiger partial charge in [-0.05, 0) is 127 Å². The zero-order chi connectivity index (χ0) is 42.4. The number of rotatable bonds is 8. The van der Waals surface area contributed by atoms with Crippen molar-refractivity contribution >= 4 is 60.4 Å². The highest BCUT2D eigenvalue weighted by molar-refractivity contribution is 6.12. The number of nitrogens with zero attached hydrogens (tertiary/aromatic N) is 2. The standard InChI is InChI=1S/C62H42N2/c1-4-17-43(18-5-1)47-34-37-61(58(40-47)44-19-6-2-7-20-44)63(50-23-8-3-9-24-50)51-25-16-22-48(39-51)54-27-12-13-28-55(54)49-35-38-62-59(41-49)56-29-14-15-30-60(56)64(62)52-36-33-46-32-31-45-21-10-11-26-53(45)57(46)42-52/h1-42H. The quantitative estimate of drug-likeness (QED) is 0.139. The van der Waals surface area contributed by atoms with Crippen LogP contribution in [0.2, 0.25) is 0 Å². The van der Waals surface area contributed by atoms with Crippen molar-refractivity contribution in [2.24, 2.45) is 0 Å². The zero-order valence-corrected chi connectivity index (χ0v) is 35.1. The molecule has 12 aromatic rings. The Kier molecular flexibility index (Phi) is 9.20. The van der Waals surface area contributed by atoms with Gasteiger partial charge in [-0.1, -0.05) is 188 Å². The lowest BCUT2D eigenvalue weighted by molar-refractivity contribution is 1.19. The summed E-state index contributed by atoms with van der Waals surface area (Å²) >= 11 is 0. The molecule has 0 aliphatic carbocycles. The van der Waals surface area contributed by atoms with Crippen LogP contribution in [0.3, 0.4) is 0 Å². The maximum absolute atomic E-state index is 2.43. The van der Waals surface area contributed by atoms with E-state index >= 15 is 0 Å². The number of fused-ring (bicyclic) bond motifs is 6. The minimum Gasteiger partial charge on any atom is -0.310 e. The molecule has 64 heavy (non-hydrogen) atoms. The summed E-state index contributed by atoms with van der Waals surface area (Å²) in [6, 6.07) is 92.7. The molecule has 0 fully saturated rings. The minimum absolute atomic E-state index is 1.09. The van der Waals surface area contributed by atoms with E-state index in [2.05, 4.69) is 264 Å². The van der Waals surface area contributed by atoms with Crippen molar-refractivity contribution in [3.63, 3.8) is 0 Å². The molecule has 2 heteroatoms. The van der Waals surface area contributed by atoms with E-state index in [4.69, 9.17) is 0 Å². The van der Waals surface area contributed by atoms with E-state index in [1.54, 1.807) is 0 Å². The summed E-state index contributed by atoms with van der Waals surface area (Å²) in [7, 11) is 0. The zero-order valence-electron chi connectivity index (χ0n) is 35.1. The molecule has 0 unspecified atom stereocenters. The number of hydrogen-bond donors (Lipinski definition) is 0. The van der Waals surface area contributed by atoms with E-state index in [-0.39, 0.29) is 0 Å². The number of para-hydroxylation sites is 2. The molecule has 11 aromatic carbocycles. The largest absolute Gasteiger partial charge is 0.310 e. The predicted molar refractivity (Wildman–Crippen MR) is 272 cm³/mol. The summed E-state index contributed by atoms with van der Waals surface area (Å²) in [6.07, 6.45) is 0. The second-order valence-corrected chi connectivity index (χ2v) is 16.5. The molecule has 1 heterocycles. The maximum Gasteiger partial charge on any atom is 0.0541 e. The molecule has 2 nitrogen and oxygen atoms in total. The summed E-state index contributed by atoms with van der Waals surface area (Å²) in [4.78, 5) is 2.40. The molecule has 0 saturated carbocycles. The van der Waals surface area contributed by atoms with Gasteiger partial charge in [0, 0.05) is 33.4 Å². The van der Waals surface area contributed by atoms with Crippen LogP contribution < -0.4 is 4.90 Å². The van der Waals surface area contributed by atoms with E-state index in [1.807, 2.05) is 0 Å². The first-order valence-electron chi connectivity index (χ1n) is 22.0. The summed E-state index contributed by atoms with van der Waals surface area (Å²) in [6.45, 7) is 0. The number of hydrogen-bond acceptors (Lipinski definition) is 1. The lowest BCUT2D eigenvalue weighted by Crippen LogP contribution is -2.11. The second kappa shape index (κ2) is 15.8. The average molecular weight is 815 g/mol. The Labute approximate surface area is 373 Å². The van der Waals surface area contributed by atoms with Gasteiger partial charge in [-0.3, -0.25) is 0 Å². The van der Waals surface area contributed by atoms with Crippen molar-refractivity contribution in [2.75, 3.05) is 4.90 Å². The van der Waals surface area contributed by atoms with E-state index in [0.717, 1.165) is 28.3 Å². The molecule has 0 N–H and O–H groups in total. The highest BCUT2D eigenvalue weighted by Crippen LogP contribution is 2.45. The van der Waals surface area contributed by atoms with Crippen LogP contribution in [0.4, 0.5) is 17.1 Å². The highest BCUT2D eigenvalue weighted by atomic mass is 15.1. The molecule has 0 bridgehead atoms. The third-order valence-corrected chi connectivity index (χ3v) is 12.8. The molecular weight excluding hydrogens is 773 g/mol. The number of aromatic nitrogens is 1. The van der Waals surface area contributed by atoms with Crippen LogP contribution in [-0.4, -0.2) is 4.57 Å². The van der Waals surface area contributed by atoms with Crippen molar-refractivity contribution in [3.8, 4) is 50.2 Å². The van der Waals surface area contributed by atoms with Crippen LogP contribution in [0.5, 0.6) is 0 Å². The van der Waals surface area contributed by atoms with Crippen molar-refractivity contribution in [2.45, 2.75) is 0 Å². The maximum atomic E-state index is 2.43. The SMILES string of the molecule is c1ccc(-c2ccc(N(c3ccccc3)c3cccc(-c4ccccc4-c4ccc5c(c4)c4ccccc4n5-c4ccc5ccc6ccccc6c5c4)c3)c(-c3ccccc3)c2)cc1. The first-order valence-corrected chi connectivity index (χ1v) is 22.0. The van der Waals surface area contributed by atoms with Crippen molar-refractivity contribution in [1.29, 1.82) is 0 Å². The molecular formula is C62H42N2. The highest BCUT2D eigenvalue weighted by Gasteiger charge is 2.20. The lowest BCUT2D eigenvalue weighted by atomic mass is 9.93. The van der Waals surface area contributed by atoms with Crippen molar-refractivity contribution in [1.82, 2.24) is 4.57 Å². The predicted octanol–water partition coefficient (Wildman–Crippen LogP) is 17.2. The molecule has 12 rings (SSSR count). The van der Waals surface area contributed by atoms with Crippen LogP contribution in [0, 0.1) is 0 Å². The molecule has 0 spiro atoms. The van der Waals surface area contributed by atoms with Crippen LogP contribution in [0.25, 0.3) is 93.5 Å². The topological polar surface area (TPSA) is 8.17 Å². The third kappa shape index (κ3) is 6.52. The Morgan fingerprint density at radius 2 is 0.828 bits per heavy atom. The Morgan fingerprint density at radius 3 is 1.61 bits per heavy atom. The Hall–Kier alpha value is -8.46. The molecule has 300 valence electrons. The smallest absolute Gasteiger partial charge is 0.0541 e. The molecule has 0 radical (unpaired) electrons. The van der Waals surface area contributed by atoms with Crippen LogP contribution in [-0.2, 0) is 0 Å². The van der Waals surface area contributed by atoms with Gasteiger partial charge in [0.15, 0.2) is 0 Å². The monoisotopic (exact) mass is 814 g/mol. The number of benzene rings is 11. The number of anilines is 3. The lowest BCUT2D eigenvalue weighted by Gasteiger charge is -2.29. The Bertz CT molecular complexity index is 3660. The average Bonchev–Trinajstić information content (AvgIpc) is 3.71. The van der Waals surface area contributed by atoms with Gasteiger partial charge >= 0.3 is 0 Å². The summed E-state index contributed by atoms with van der Waals surface area (Å²) < 4.78 is 2.43. The van der Waals surface area contributed by atoms with Crippen LogP contribution in [0.1, 0.15) is 0 Å². The van der Waals surface area contributed by atoms with Crippen LogP contribution >= 0.6 is 0 Å². The fourth-order valence-electron chi connectivity index (χ4n) is 9.74. The second-order valence-electron chi connectivity index (χ2n) is 16.5. The summed E-state index contributed by atoms with van der Waals surface area (Å²) in [5.74, 6) is 0. The van der Waals surface area contributed by atoms with Gasteiger partial charge < -0.3 is 9.47 Å². The third-order valence-electron chi connectivity index (χ3n) is 12.8. The molecule has 0 amide bonds. The van der Waals surface area contributed by atoms with E-state index < -0.39 is 0 Å². The fraction of sp³-hybridized carbons (Fsp3) is 0. The van der Waals surface area contributed by atoms with E-state index in [1.165, 1.54) is 82.3 Å². The van der Waals surface area contributed by atoms with Gasteiger partial charge in [-0.15, -0.1) is 0 Å². The van der Waals surface area contributed by atoms with Gasteiger partial charge in [0.2, 0.25) is 0 Å². The Balaban J connectivity index is 0.989. The van der Waals surface area contributed by atoms with Gasteiger partial charge in [0.05, 0.1) is 16.7 Å². The molecule has 0 atom stereocenters. The van der Waals surface area contributed by atoms with Gasteiger partial charge in [-0.2, -0.15) is 0 Å². The van der Waals surface area contributed by atoms with Gasteiger partial charge in [-0.25, -0.2) is 0 Å². The first kappa shape index (κ1) is 37.3. The van der Waals surface area contributed by atoms with E-state index in [0.29, 0.717) is 0 Å². The minimum atomic E-state index is 1.09. The van der Waals surface area contributed by atoms with Crippen molar-refractivity contribution in [3.05, 3.63) is 255 Å². The Morgan fingerprint density at radius 1 is 0.266 bits per heavy atom. The first-order chi connectivity index (χ1) is 31.7. The van der Waals surface area contributed by atoms with Crippen molar-refractivity contribution < 1.29 is 0 Å². The molecule has 0 aliphatic heterocycles. The van der Waals surface area contributed by atoms with Crippen LogP contribution in [0.15, 0.2) is 255 Å². The normalized spacial score (nSPS) is 11.4. The van der Waals surface area contributed by atoms with E-state index in [9.17, 15) is 0 Å². The summed E-state index contributed by atoms with van der Waals surface area (Å²) in [5.41, 5.74) is 16.3. The van der Waals surface area contributed by atoms with Gasteiger partial charge in [0.1, 0.15) is 0 Å². The fourth-order valence-corrected chi connectivity index (χ4v) is 9.74. The molecule has 1 aromatic heterocycles. The molecule has 0 aliphatic rings. The summed E-state index contributed by atoms with van der Waals surface area (Å²) in [5, 5.41) is 7.51. The van der Waals surface area contributed by atoms with Gasteiger partial charge in [0.25, 0.3) is 0 Å². The molecule has 0 saturated heterocycles.